The van der Waals surface area contributed by atoms with Crippen molar-refractivity contribution >= 4 is 29.4 Å². The van der Waals surface area contributed by atoms with Gasteiger partial charge in [0.05, 0.1) is 17.7 Å². The third-order valence-electron chi connectivity index (χ3n) is 5.44. The van der Waals surface area contributed by atoms with Gasteiger partial charge in [0.25, 0.3) is 11.8 Å². The fourth-order valence-electron chi connectivity index (χ4n) is 3.59. The molecule has 176 valence electrons. The second-order valence-corrected chi connectivity index (χ2v) is 8.19. The molecule has 1 aliphatic carbocycles. The van der Waals surface area contributed by atoms with E-state index in [9.17, 15) is 18.8 Å². The van der Waals surface area contributed by atoms with E-state index >= 15 is 0 Å². The summed E-state index contributed by atoms with van der Waals surface area (Å²) in [5.41, 5.74) is 0.504. The van der Waals surface area contributed by atoms with Crippen LogP contribution < -0.4 is 15.4 Å². The highest BCUT2D eigenvalue weighted by Gasteiger charge is 2.23. The van der Waals surface area contributed by atoms with Crippen molar-refractivity contribution in [1.82, 2.24) is 15.6 Å². The molecule has 10 heteroatoms. The van der Waals surface area contributed by atoms with Gasteiger partial charge in [0, 0.05) is 24.8 Å². The molecule has 0 radical (unpaired) electrons. The Balaban J connectivity index is 1.35. The van der Waals surface area contributed by atoms with E-state index in [2.05, 4.69) is 20.4 Å². The number of nitrogens with one attached hydrogen (secondary N) is 2. The fourth-order valence-corrected chi connectivity index (χ4v) is 3.71. The van der Waals surface area contributed by atoms with Crippen LogP contribution in [0.2, 0.25) is 5.02 Å². The Morgan fingerprint density at radius 2 is 1.91 bits per heavy atom. The van der Waals surface area contributed by atoms with Crippen LogP contribution in [0, 0.1) is 11.7 Å². The molecule has 33 heavy (non-hydrogen) atoms. The number of benzene rings is 1. The van der Waals surface area contributed by atoms with Crippen LogP contribution in [0.5, 0.6) is 5.75 Å². The number of methoxy groups -OCH3 is 1. The molecule has 1 aromatic heterocycles. The van der Waals surface area contributed by atoms with Gasteiger partial charge in [-0.1, -0.05) is 11.6 Å². The van der Waals surface area contributed by atoms with Gasteiger partial charge in [0.15, 0.2) is 6.61 Å². The minimum atomic E-state index is -0.603. The number of aromatic nitrogens is 1. The third-order valence-corrected chi connectivity index (χ3v) is 5.75. The van der Waals surface area contributed by atoms with Crippen molar-refractivity contribution in [2.24, 2.45) is 5.92 Å². The molecule has 0 aliphatic heterocycles. The molecule has 0 spiro atoms. The topological polar surface area (TPSA) is 107 Å². The van der Waals surface area contributed by atoms with Crippen molar-refractivity contribution in [3.63, 3.8) is 0 Å². The zero-order valence-electron chi connectivity index (χ0n) is 18.1. The number of carbonyl (C=O) groups is 3. The largest absolute Gasteiger partial charge is 0.484 e. The van der Waals surface area contributed by atoms with E-state index in [0.29, 0.717) is 12.5 Å². The number of ether oxygens (including phenoxy) is 2. The standard InChI is InChI=1S/C23H25ClFN3O5/c1-32-23(31)15-4-9-20(26-12-15)22(30)27-11-14-2-5-16(6-3-14)28-21(29)13-33-17-7-8-18(24)19(25)10-17/h4,7-10,12,14,16H,2-3,5-6,11,13H2,1H3,(H,27,30)(H,28,29)/t14-,16-. The molecule has 1 aliphatic rings. The number of hydrogen-bond donors (Lipinski definition) is 2. The molecule has 2 aromatic rings. The molecule has 0 saturated heterocycles. The second-order valence-electron chi connectivity index (χ2n) is 7.78. The molecule has 0 unspecified atom stereocenters. The Hall–Kier alpha value is -3.20. The van der Waals surface area contributed by atoms with Crippen molar-refractivity contribution in [2.45, 2.75) is 31.7 Å². The molecule has 0 atom stereocenters. The molecule has 1 fully saturated rings. The second kappa shape index (κ2) is 11.6. The molecule has 0 bridgehead atoms. The van der Waals surface area contributed by atoms with Gasteiger partial charge in [-0.3, -0.25) is 14.6 Å². The van der Waals surface area contributed by atoms with E-state index in [-0.39, 0.29) is 46.5 Å². The number of hydrogen-bond acceptors (Lipinski definition) is 6. The Bertz CT molecular complexity index is 994. The van der Waals surface area contributed by atoms with Crippen molar-refractivity contribution in [1.29, 1.82) is 0 Å². The number of halogens is 2. The summed E-state index contributed by atoms with van der Waals surface area (Å²) in [4.78, 5) is 39.8. The van der Waals surface area contributed by atoms with Crippen molar-refractivity contribution in [2.75, 3.05) is 20.3 Å². The van der Waals surface area contributed by atoms with Crippen LogP contribution in [-0.4, -0.2) is 49.1 Å². The first-order valence-electron chi connectivity index (χ1n) is 10.6. The monoisotopic (exact) mass is 477 g/mol. The Morgan fingerprint density at radius 1 is 1.15 bits per heavy atom. The molecule has 1 aromatic carbocycles. The number of rotatable bonds is 8. The highest BCUT2D eigenvalue weighted by Crippen LogP contribution is 2.24. The van der Waals surface area contributed by atoms with E-state index in [4.69, 9.17) is 16.3 Å². The van der Waals surface area contributed by atoms with Crippen molar-refractivity contribution in [3.05, 3.63) is 58.6 Å². The van der Waals surface area contributed by atoms with E-state index < -0.39 is 11.8 Å². The number of carbonyl (C=O) groups excluding carboxylic acids is 3. The highest BCUT2D eigenvalue weighted by atomic mass is 35.5. The molecule has 1 heterocycles. The summed E-state index contributed by atoms with van der Waals surface area (Å²) in [6.07, 6.45) is 4.58. The van der Waals surface area contributed by atoms with Gasteiger partial charge in [-0.25, -0.2) is 9.18 Å². The number of nitrogens with zero attached hydrogens (tertiary/aromatic N) is 1. The smallest absolute Gasteiger partial charge is 0.339 e. The molecule has 3 rings (SSSR count). The average Bonchev–Trinajstić information content (AvgIpc) is 2.83. The summed E-state index contributed by atoms with van der Waals surface area (Å²) in [5.74, 6) is -1.16. The average molecular weight is 478 g/mol. The first-order chi connectivity index (χ1) is 15.9. The molecule has 2 N–H and O–H groups in total. The van der Waals surface area contributed by atoms with Crippen molar-refractivity contribution < 1.29 is 28.2 Å². The summed E-state index contributed by atoms with van der Waals surface area (Å²) in [7, 11) is 1.28. The number of esters is 1. The summed E-state index contributed by atoms with van der Waals surface area (Å²) >= 11 is 5.62. The van der Waals surface area contributed by atoms with Gasteiger partial charge in [0.1, 0.15) is 17.3 Å². The molecular weight excluding hydrogens is 453 g/mol. The number of pyridine rings is 1. The van der Waals surface area contributed by atoms with Crippen LogP contribution in [0.4, 0.5) is 4.39 Å². The summed E-state index contributed by atoms with van der Waals surface area (Å²) < 4.78 is 23.3. The SMILES string of the molecule is COC(=O)c1ccc(C(=O)NC[C@H]2CC[C@H](NC(=O)COc3ccc(Cl)c(F)c3)CC2)nc1. The van der Waals surface area contributed by atoms with Crippen LogP contribution in [0.3, 0.4) is 0 Å². The lowest BCUT2D eigenvalue weighted by molar-refractivity contribution is -0.124. The minimum absolute atomic E-state index is 0.00696. The zero-order chi connectivity index (χ0) is 23.8. The lowest BCUT2D eigenvalue weighted by Gasteiger charge is -2.29. The van der Waals surface area contributed by atoms with Crippen LogP contribution >= 0.6 is 11.6 Å². The van der Waals surface area contributed by atoms with Gasteiger partial charge < -0.3 is 20.1 Å². The predicted molar refractivity (Wildman–Crippen MR) is 119 cm³/mol. The fraction of sp³-hybridized carbons (Fsp3) is 0.391. The van der Waals surface area contributed by atoms with E-state index in [0.717, 1.165) is 31.7 Å². The maximum absolute atomic E-state index is 13.4. The van der Waals surface area contributed by atoms with Gasteiger partial charge in [0.2, 0.25) is 0 Å². The normalized spacial score (nSPS) is 17.7. The summed E-state index contributed by atoms with van der Waals surface area (Å²) in [6.45, 7) is 0.296. The maximum atomic E-state index is 13.4. The first-order valence-corrected chi connectivity index (χ1v) is 10.9. The zero-order valence-corrected chi connectivity index (χ0v) is 18.9. The Labute approximate surface area is 195 Å². The van der Waals surface area contributed by atoms with Gasteiger partial charge in [-0.2, -0.15) is 0 Å². The Morgan fingerprint density at radius 3 is 2.55 bits per heavy atom. The maximum Gasteiger partial charge on any atom is 0.339 e. The minimum Gasteiger partial charge on any atom is -0.484 e. The van der Waals surface area contributed by atoms with Crippen LogP contribution in [-0.2, 0) is 9.53 Å². The first kappa shape index (κ1) is 24.4. The lowest BCUT2D eigenvalue weighted by Crippen LogP contribution is -2.41. The summed E-state index contributed by atoms with van der Waals surface area (Å²) in [6, 6.07) is 7.02. The van der Waals surface area contributed by atoms with E-state index in [1.165, 1.54) is 37.6 Å². The van der Waals surface area contributed by atoms with E-state index in [1.807, 2.05) is 0 Å². The van der Waals surface area contributed by atoms with Crippen LogP contribution in [0.1, 0.15) is 46.5 Å². The van der Waals surface area contributed by atoms with Crippen molar-refractivity contribution in [3.8, 4) is 5.75 Å². The van der Waals surface area contributed by atoms with Crippen LogP contribution in [0.15, 0.2) is 36.5 Å². The van der Waals surface area contributed by atoms with E-state index in [1.54, 1.807) is 0 Å². The predicted octanol–water partition coefficient (Wildman–Crippen LogP) is 3.14. The Kier molecular flexibility index (Phi) is 8.59. The quantitative estimate of drug-likeness (QED) is 0.566. The van der Waals surface area contributed by atoms with Gasteiger partial charge >= 0.3 is 5.97 Å². The molecule has 8 nitrogen and oxygen atoms in total. The molecule has 2 amide bonds. The summed E-state index contributed by atoms with van der Waals surface area (Å²) in [5, 5.41) is 5.79. The number of amides is 2. The third kappa shape index (κ3) is 7.15. The molecular formula is C23H25ClFN3O5. The lowest BCUT2D eigenvalue weighted by atomic mass is 9.86. The highest BCUT2D eigenvalue weighted by molar-refractivity contribution is 6.30. The van der Waals surface area contributed by atoms with Gasteiger partial charge in [-0.05, 0) is 55.9 Å². The van der Waals surface area contributed by atoms with Crippen LogP contribution in [0.25, 0.3) is 0 Å². The molecule has 1 saturated carbocycles. The van der Waals surface area contributed by atoms with Gasteiger partial charge in [-0.15, -0.1) is 0 Å².